The van der Waals surface area contributed by atoms with E-state index in [0.29, 0.717) is 31.0 Å². The first kappa shape index (κ1) is 27.2. The second kappa shape index (κ2) is 13.1. The number of carboxylic acids is 1. The maximum Gasteiger partial charge on any atom is 0.326 e. The predicted molar refractivity (Wildman–Crippen MR) is 151 cm³/mol. The summed E-state index contributed by atoms with van der Waals surface area (Å²) < 4.78 is 11.9. The molecule has 1 amide bonds. The van der Waals surface area contributed by atoms with Gasteiger partial charge in [-0.1, -0.05) is 60.7 Å². The molecule has 3 aromatic carbocycles. The summed E-state index contributed by atoms with van der Waals surface area (Å²) in [5.41, 5.74) is 4.99. The molecule has 2 N–H and O–H groups in total. The number of carboxylic acid groups (broad SMARTS) is 1. The lowest BCUT2D eigenvalue weighted by atomic mass is 9.93. The van der Waals surface area contributed by atoms with E-state index >= 15 is 0 Å². The molecule has 4 aromatic rings. The van der Waals surface area contributed by atoms with Crippen molar-refractivity contribution in [2.45, 2.75) is 32.6 Å². The molecule has 0 aliphatic carbocycles. The number of amides is 1. The molecule has 1 unspecified atom stereocenters. The summed E-state index contributed by atoms with van der Waals surface area (Å²) in [4.78, 5) is 24.9. The van der Waals surface area contributed by atoms with Crippen LogP contribution in [-0.4, -0.2) is 35.0 Å². The van der Waals surface area contributed by atoms with Crippen LogP contribution in [0.25, 0.3) is 22.5 Å². The Kier molecular flexibility index (Phi) is 9.40. The van der Waals surface area contributed by atoms with Crippen LogP contribution in [0, 0.1) is 6.92 Å². The highest BCUT2D eigenvalue weighted by molar-refractivity contribution is 7.98. The Labute approximate surface area is 227 Å². The van der Waals surface area contributed by atoms with Crippen LogP contribution in [0.3, 0.4) is 0 Å². The van der Waals surface area contributed by atoms with Crippen LogP contribution in [0.4, 0.5) is 0 Å². The second-order valence-corrected chi connectivity index (χ2v) is 9.95. The van der Waals surface area contributed by atoms with E-state index in [1.54, 1.807) is 17.8 Å². The number of ether oxygens (including phenoxy) is 1. The number of rotatable bonds is 12. The fraction of sp³-hybridized carbons (Fsp3) is 0.226. The lowest BCUT2D eigenvalue weighted by molar-refractivity contribution is -0.139. The molecular formula is C31H31NO5S. The molecule has 4 rings (SSSR count). The highest BCUT2D eigenvalue weighted by Gasteiger charge is 2.22. The molecule has 196 valence electrons. The smallest absolute Gasteiger partial charge is 0.326 e. The van der Waals surface area contributed by atoms with Crippen LogP contribution < -0.4 is 5.32 Å². The third-order valence-electron chi connectivity index (χ3n) is 6.21. The van der Waals surface area contributed by atoms with Crippen molar-refractivity contribution in [2.24, 2.45) is 0 Å². The van der Waals surface area contributed by atoms with Crippen LogP contribution in [0.2, 0.25) is 0 Å². The minimum absolute atomic E-state index is 0.310. The van der Waals surface area contributed by atoms with Crippen molar-refractivity contribution in [3.05, 3.63) is 107 Å². The summed E-state index contributed by atoms with van der Waals surface area (Å²) in [5.74, 6) is 0.708. The van der Waals surface area contributed by atoms with Gasteiger partial charge in [-0.2, -0.15) is 11.8 Å². The van der Waals surface area contributed by atoms with Gasteiger partial charge in [-0.3, -0.25) is 4.79 Å². The lowest BCUT2D eigenvalue weighted by Crippen LogP contribution is -2.41. The van der Waals surface area contributed by atoms with E-state index in [4.69, 9.17) is 9.15 Å². The van der Waals surface area contributed by atoms with Gasteiger partial charge in [0.15, 0.2) is 0 Å². The number of benzene rings is 3. The molecule has 0 spiro atoms. The van der Waals surface area contributed by atoms with Gasteiger partial charge in [-0.15, -0.1) is 0 Å². The third kappa shape index (κ3) is 6.94. The van der Waals surface area contributed by atoms with Gasteiger partial charge in [0.05, 0.1) is 6.61 Å². The Hall–Kier alpha value is -3.81. The highest BCUT2D eigenvalue weighted by atomic mass is 32.2. The average molecular weight is 530 g/mol. The van der Waals surface area contributed by atoms with Crippen molar-refractivity contribution < 1.29 is 23.8 Å². The molecule has 0 aliphatic rings. The van der Waals surface area contributed by atoms with Crippen molar-refractivity contribution in [1.82, 2.24) is 5.32 Å². The van der Waals surface area contributed by atoms with E-state index in [-0.39, 0.29) is 0 Å². The first-order chi connectivity index (χ1) is 18.5. The summed E-state index contributed by atoms with van der Waals surface area (Å²) in [7, 11) is 0. The fourth-order valence-corrected chi connectivity index (χ4v) is 4.66. The normalized spacial score (nSPS) is 11.7. The number of carbonyl (C=O) groups excluding carboxylic acids is 1. The molecule has 7 heteroatoms. The Balaban J connectivity index is 1.51. The van der Waals surface area contributed by atoms with Gasteiger partial charge >= 0.3 is 5.97 Å². The van der Waals surface area contributed by atoms with Crippen LogP contribution in [-0.2, 0) is 22.7 Å². The minimum Gasteiger partial charge on any atom is -0.480 e. The Morgan fingerprint density at radius 3 is 2.45 bits per heavy atom. The molecule has 0 radical (unpaired) electrons. The topological polar surface area (TPSA) is 88.8 Å². The summed E-state index contributed by atoms with van der Waals surface area (Å²) in [5, 5.41) is 12.3. The van der Waals surface area contributed by atoms with Crippen molar-refractivity contribution in [2.75, 3.05) is 12.0 Å². The van der Waals surface area contributed by atoms with E-state index in [2.05, 4.69) is 5.32 Å². The highest BCUT2D eigenvalue weighted by Crippen LogP contribution is 2.29. The largest absolute Gasteiger partial charge is 0.480 e. The Morgan fingerprint density at radius 1 is 0.947 bits per heavy atom. The molecule has 1 aromatic heterocycles. The monoisotopic (exact) mass is 529 g/mol. The van der Waals surface area contributed by atoms with Gasteiger partial charge in [0.25, 0.3) is 5.91 Å². The molecular weight excluding hydrogens is 498 g/mol. The number of aliphatic carboxylic acids is 1. The standard InChI is InChI=1S/C31H31NO5S/c1-21-8-6-7-11-25(21)27-18-22(12-14-26(27)30(33)32-28(31(34)35)16-17-38-2)19-36-20-24-13-15-29(37-24)23-9-4-3-5-10-23/h3-15,18,28H,16-17,19-20H2,1-2H3,(H,32,33)(H,34,35). The first-order valence-corrected chi connectivity index (χ1v) is 13.8. The number of furan rings is 1. The maximum absolute atomic E-state index is 13.2. The molecule has 0 saturated carbocycles. The molecule has 0 fully saturated rings. The zero-order chi connectivity index (χ0) is 26.9. The lowest BCUT2D eigenvalue weighted by Gasteiger charge is -2.17. The Morgan fingerprint density at radius 2 is 1.71 bits per heavy atom. The molecule has 38 heavy (non-hydrogen) atoms. The van der Waals surface area contributed by atoms with E-state index in [1.165, 1.54) is 0 Å². The first-order valence-electron chi connectivity index (χ1n) is 12.4. The minimum atomic E-state index is -1.04. The molecule has 0 aliphatic heterocycles. The Bertz CT molecular complexity index is 1380. The van der Waals surface area contributed by atoms with E-state index in [0.717, 1.165) is 39.3 Å². The molecule has 1 atom stereocenters. The number of nitrogens with one attached hydrogen (secondary N) is 1. The van der Waals surface area contributed by atoms with Gasteiger partial charge < -0.3 is 19.6 Å². The van der Waals surface area contributed by atoms with Gasteiger partial charge in [-0.25, -0.2) is 4.79 Å². The van der Waals surface area contributed by atoms with E-state index < -0.39 is 17.9 Å². The van der Waals surface area contributed by atoms with E-state index in [9.17, 15) is 14.7 Å². The van der Waals surface area contributed by atoms with Gasteiger partial charge in [0.1, 0.15) is 24.2 Å². The van der Waals surface area contributed by atoms with Gasteiger partial charge in [-0.05, 0) is 71.9 Å². The van der Waals surface area contributed by atoms with Crippen LogP contribution in [0.5, 0.6) is 0 Å². The SMILES string of the molecule is CSCCC(NC(=O)c1ccc(COCc2ccc(-c3ccccc3)o2)cc1-c1ccccc1C)C(=O)O. The number of thioether (sulfide) groups is 1. The predicted octanol–water partition coefficient (Wildman–Crippen LogP) is 6.57. The summed E-state index contributed by atoms with van der Waals surface area (Å²) in [6.45, 7) is 2.62. The van der Waals surface area contributed by atoms with Crippen molar-refractivity contribution in [3.8, 4) is 22.5 Å². The molecule has 6 nitrogen and oxygen atoms in total. The summed E-state index contributed by atoms with van der Waals surface area (Å²) in [6, 6.07) is 26.1. The van der Waals surface area contributed by atoms with Crippen LogP contribution in [0.1, 0.15) is 33.7 Å². The zero-order valence-electron chi connectivity index (χ0n) is 21.5. The van der Waals surface area contributed by atoms with Crippen LogP contribution >= 0.6 is 11.8 Å². The van der Waals surface area contributed by atoms with Gasteiger partial charge in [0, 0.05) is 11.1 Å². The molecule has 0 bridgehead atoms. The third-order valence-corrected chi connectivity index (χ3v) is 6.85. The number of hydrogen-bond donors (Lipinski definition) is 2. The number of hydrogen-bond acceptors (Lipinski definition) is 5. The van der Waals surface area contributed by atoms with Gasteiger partial charge in [0.2, 0.25) is 0 Å². The summed E-state index contributed by atoms with van der Waals surface area (Å²) in [6.07, 6.45) is 2.26. The average Bonchev–Trinajstić information content (AvgIpc) is 3.40. The molecule has 1 heterocycles. The zero-order valence-corrected chi connectivity index (χ0v) is 22.3. The fourth-order valence-electron chi connectivity index (χ4n) is 4.19. The van der Waals surface area contributed by atoms with Crippen LogP contribution in [0.15, 0.2) is 89.3 Å². The van der Waals surface area contributed by atoms with Crippen molar-refractivity contribution in [3.63, 3.8) is 0 Å². The number of aryl methyl sites for hydroxylation is 1. The summed E-state index contributed by atoms with van der Waals surface area (Å²) >= 11 is 1.54. The van der Waals surface area contributed by atoms with Crippen molar-refractivity contribution >= 4 is 23.6 Å². The van der Waals surface area contributed by atoms with Crippen molar-refractivity contribution in [1.29, 1.82) is 0 Å². The molecule has 0 saturated heterocycles. The quantitative estimate of drug-likeness (QED) is 0.216. The maximum atomic E-state index is 13.2. The number of carbonyl (C=O) groups is 2. The van der Waals surface area contributed by atoms with E-state index in [1.807, 2.05) is 92.0 Å². The second-order valence-electron chi connectivity index (χ2n) is 8.97.